The van der Waals surface area contributed by atoms with Crippen LogP contribution in [0.3, 0.4) is 0 Å². The Labute approximate surface area is 103 Å². The zero-order chi connectivity index (χ0) is 12.0. The van der Waals surface area contributed by atoms with E-state index in [1.54, 1.807) is 6.07 Å². The van der Waals surface area contributed by atoms with Gasteiger partial charge in [0.05, 0.1) is 0 Å². The largest absolute Gasteiger partial charge is 0.276 e. The molecular formula is C14H19ClO. The average molecular weight is 239 g/mol. The molecule has 0 heterocycles. The highest BCUT2D eigenvalue weighted by molar-refractivity contribution is 6.67. The van der Waals surface area contributed by atoms with E-state index in [1.807, 2.05) is 18.2 Å². The van der Waals surface area contributed by atoms with E-state index in [2.05, 4.69) is 13.8 Å². The number of carbonyl (C=O) groups is 1. The molecule has 1 aromatic carbocycles. The van der Waals surface area contributed by atoms with Crippen LogP contribution in [0.15, 0.2) is 24.3 Å². The molecule has 0 aliphatic heterocycles. The topological polar surface area (TPSA) is 17.1 Å². The molecule has 16 heavy (non-hydrogen) atoms. The zero-order valence-electron chi connectivity index (χ0n) is 10.0. The van der Waals surface area contributed by atoms with Crippen LogP contribution < -0.4 is 0 Å². The summed E-state index contributed by atoms with van der Waals surface area (Å²) in [7, 11) is 0. The number of hydrogen-bond donors (Lipinski definition) is 0. The maximum Gasteiger partial charge on any atom is 0.252 e. The van der Waals surface area contributed by atoms with Gasteiger partial charge in [-0.25, -0.2) is 0 Å². The second-order valence-electron chi connectivity index (χ2n) is 4.26. The third kappa shape index (κ3) is 3.64. The average Bonchev–Trinajstić information content (AvgIpc) is 2.29. The van der Waals surface area contributed by atoms with Crippen LogP contribution in [0, 0.1) is 0 Å². The van der Waals surface area contributed by atoms with Crippen molar-refractivity contribution in [3.05, 3.63) is 35.4 Å². The van der Waals surface area contributed by atoms with Gasteiger partial charge in [-0.2, -0.15) is 0 Å². The molecule has 0 radical (unpaired) electrons. The van der Waals surface area contributed by atoms with Gasteiger partial charge in [0.1, 0.15) is 0 Å². The fraction of sp³-hybridized carbons (Fsp3) is 0.500. The lowest BCUT2D eigenvalue weighted by molar-refractivity contribution is 0.108. The Balaban J connectivity index is 2.74. The number of hydrogen-bond acceptors (Lipinski definition) is 1. The molecule has 0 bridgehead atoms. The Kier molecular flexibility index (Phi) is 5.54. The minimum absolute atomic E-state index is 0.349. The molecular weight excluding hydrogens is 220 g/mol. The highest BCUT2D eigenvalue weighted by atomic mass is 35.5. The second kappa shape index (κ2) is 6.70. The van der Waals surface area contributed by atoms with Crippen molar-refractivity contribution < 1.29 is 4.79 Å². The SMILES string of the molecule is CCCCCC(C)c1ccccc1C(=O)Cl. The van der Waals surface area contributed by atoms with Crippen molar-refractivity contribution >= 4 is 16.8 Å². The lowest BCUT2D eigenvalue weighted by Crippen LogP contribution is -2.01. The summed E-state index contributed by atoms with van der Waals surface area (Å²) < 4.78 is 0. The number of rotatable bonds is 6. The lowest BCUT2D eigenvalue weighted by Gasteiger charge is -2.14. The molecule has 0 aliphatic carbocycles. The first kappa shape index (κ1) is 13.2. The predicted octanol–water partition coefficient (Wildman–Crippen LogP) is 4.75. The molecule has 1 unspecified atom stereocenters. The van der Waals surface area contributed by atoms with E-state index >= 15 is 0 Å². The summed E-state index contributed by atoms with van der Waals surface area (Å²) in [6.07, 6.45) is 4.81. The standard InChI is InChI=1S/C14H19ClO/c1-3-4-5-8-11(2)12-9-6-7-10-13(12)14(15)16/h6-7,9-11H,3-5,8H2,1-2H3. The van der Waals surface area contributed by atoms with Crippen molar-refractivity contribution in [3.8, 4) is 0 Å². The van der Waals surface area contributed by atoms with Gasteiger partial charge in [-0.1, -0.05) is 51.3 Å². The Hall–Kier alpha value is -0.820. The first-order valence-electron chi connectivity index (χ1n) is 5.95. The summed E-state index contributed by atoms with van der Waals surface area (Å²) in [5.41, 5.74) is 1.74. The van der Waals surface area contributed by atoms with Gasteiger partial charge in [0.15, 0.2) is 0 Å². The molecule has 0 amide bonds. The Morgan fingerprint density at radius 1 is 1.31 bits per heavy atom. The van der Waals surface area contributed by atoms with Gasteiger partial charge in [-0.15, -0.1) is 0 Å². The van der Waals surface area contributed by atoms with Crippen LogP contribution >= 0.6 is 11.6 Å². The number of carbonyl (C=O) groups excluding carboxylic acids is 1. The fourth-order valence-electron chi connectivity index (χ4n) is 1.96. The van der Waals surface area contributed by atoms with Crippen LogP contribution in [-0.2, 0) is 0 Å². The van der Waals surface area contributed by atoms with E-state index in [1.165, 1.54) is 19.3 Å². The summed E-state index contributed by atoms with van der Waals surface area (Å²) >= 11 is 5.57. The molecule has 0 aromatic heterocycles. The summed E-state index contributed by atoms with van der Waals surface area (Å²) in [4.78, 5) is 11.3. The van der Waals surface area contributed by atoms with Crippen molar-refractivity contribution in [1.82, 2.24) is 0 Å². The molecule has 2 heteroatoms. The van der Waals surface area contributed by atoms with Gasteiger partial charge in [-0.05, 0) is 35.6 Å². The van der Waals surface area contributed by atoms with Crippen LogP contribution in [0.2, 0.25) is 0 Å². The van der Waals surface area contributed by atoms with Crippen LogP contribution in [-0.4, -0.2) is 5.24 Å². The van der Waals surface area contributed by atoms with Crippen molar-refractivity contribution in [2.75, 3.05) is 0 Å². The zero-order valence-corrected chi connectivity index (χ0v) is 10.8. The van der Waals surface area contributed by atoms with Crippen LogP contribution in [0.5, 0.6) is 0 Å². The first-order valence-corrected chi connectivity index (χ1v) is 6.33. The Morgan fingerprint density at radius 3 is 2.62 bits per heavy atom. The van der Waals surface area contributed by atoms with Gasteiger partial charge in [0, 0.05) is 5.56 Å². The molecule has 0 spiro atoms. The van der Waals surface area contributed by atoms with E-state index in [0.29, 0.717) is 11.5 Å². The maximum atomic E-state index is 11.3. The summed E-state index contributed by atoms with van der Waals surface area (Å²) in [6.45, 7) is 4.36. The van der Waals surface area contributed by atoms with E-state index in [9.17, 15) is 4.79 Å². The van der Waals surface area contributed by atoms with Crippen molar-refractivity contribution in [2.45, 2.75) is 45.4 Å². The molecule has 1 aromatic rings. The number of benzene rings is 1. The fourth-order valence-corrected chi connectivity index (χ4v) is 2.13. The predicted molar refractivity (Wildman–Crippen MR) is 69.2 cm³/mol. The van der Waals surface area contributed by atoms with E-state index < -0.39 is 0 Å². The molecule has 0 saturated heterocycles. The molecule has 1 atom stereocenters. The van der Waals surface area contributed by atoms with Crippen LogP contribution in [0.25, 0.3) is 0 Å². The molecule has 88 valence electrons. The molecule has 0 fully saturated rings. The van der Waals surface area contributed by atoms with Crippen molar-refractivity contribution in [3.63, 3.8) is 0 Å². The van der Waals surface area contributed by atoms with Gasteiger partial charge in [0.25, 0.3) is 5.24 Å². The second-order valence-corrected chi connectivity index (χ2v) is 4.60. The molecule has 1 rings (SSSR count). The number of unbranched alkanes of at least 4 members (excludes halogenated alkanes) is 2. The molecule has 0 aliphatic rings. The lowest BCUT2D eigenvalue weighted by atomic mass is 9.91. The Bertz CT molecular complexity index is 346. The normalized spacial score (nSPS) is 12.4. The highest BCUT2D eigenvalue weighted by Gasteiger charge is 2.13. The monoisotopic (exact) mass is 238 g/mol. The number of halogens is 1. The van der Waals surface area contributed by atoms with Crippen molar-refractivity contribution in [2.24, 2.45) is 0 Å². The minimum atomic E-state index is -0.349. The summed E-state index contributed by atoms with van der Waals surface area (Å²) in [5.74, 6) is 0.408. The third-order valence-electron chi connectivity index (χ3n) is 2.94. The van der Waals surface area contributed by atoms with E-state index in [0.717, 1.165) is 12.0 Å². The summed E-state index contributed by atoms with van der Waals surface area (Å²) in [5, 5.41) is -0.349. The van der Waals surface area contributed by atoms with Gasteiger partial charge in [0.2, 0.25) is 0 Å². The summed E-state index contributed by atoms with van der Waals surface area (Å²) in [6, 6.07) is 7.64. The quantitative estimate of drug-likeness (QED) is 0.516. The van der Waals surface area contributed by atoms with Crippen LogP contribution in [0.4, 0.5) is 0 Å². The van der Waals surface area contributed by atoms with E-state index in [-0.39, 0.29) is 5.24 Å². The van der Waals surface area contributed by atoms with Gasteiger partial charge >= 0.3 is 0 Å². The highest BCUT2D eigenvalue weighted by Crippen LogP contribution is 2.25. The van der Waals surface area contributed by atoms with Crippen LogP contribution in [0.1, 0.15) is 61.4 Å². The smallest absolute Gasteiger partial charge is 0.252 e. The molecule has 0 N–H and O–H groups in total. The minimum Gasteiger partial charge on any atom is -0.276 e. The maximum absolute atomic E-state index is 11.3. The van der Waals surface area contributed by atoms with E-state index in [4.69, 9.17) is 11.6 Å². The molecule has 1 nitrogen and oxygen atoms in total. The molecule has 0 saturated carbocycles. The third-order valence-corrected chi connectivity index (χ3v) is 3.15. The Morgan fingerprint density at radius 2 is 2.00 bits per heavy atom. The van der Waals surface area contributed by atoms with Gasteiger partial charge < -0.3 is 0 Å². The van der Waals surface area contributed by atoms with Crippen molar-refractivity contribution in [1.29, 1.82) is 0 Å². The van der Waals surface area contributed by atoms with Gasteiger partial charge in [-0.3, -0.25) is 4.79 Å². The first-order chi connectivity index (χ1) is 7.66.